The first-order chi connectivity index (χ1) is 7.24. The molecule has 1 saturated carbocycles. The predicted molar refractivity (Wildman–Crippen MR) is 65.8 cm³/mol. The normalized spacial score (nSPS) is 15.8. The summed E-state index contributed by atoms with van der Waals surface area (Å²) in [6, 6.07) is 8.26. The highest BCUT2D eigenvalue weighted by molar-refractivity contribution is 9.10. The summed E-state index contributed by atoms with van der Waals surface area (Å²) in [5.74, 6) is 1.35. The smallest absolute Gasteiger partial charge is 0.127 e. The molecule has 15 heavy (non-hydrogen) atoms. The quantitative estimate of drug-likeness (QED) is 0.855. The van der Waals surface area contributed by atoms with Crippen LogP contribution in [0.1, 0.15) is 24.3 Å². The van der Waals surface area contributed by atoms with Crippen LogP contribution in [0.4, 0.5) is 5.82 Å². The number of pyridine rings is 1. The fraction of sp³-hybridized carbons (Fsp3) is 0.250. The van der Waals surface area contributed by atoms with E-state index in [1.807, 2.05) is 12.1 Å². The van der Waals surface area contributed by atoms with Gasteiger partial charge in [0.05, 0.1) is 5.52 Å². The first kappa shape index (κ1) is 9.16. The van der Waals surface area contributed by atoms with Crippen LogP contribution >= 0.6 is 15.9 Å². The van der Waals surface area contributed by atoms with Crippen LogP contribution in [0.25, 0.3) is 10.9 Å². The van der Waals surface area contributed by atoms with E-state index < -0.39 is 0 Å². The molecule has 1 aromatic carbocycles. The monoisotopic (exact) mass is 262 g/mol. The van der Waals surface area contributed by atoms with E-state index in [0.717, 1.165) is 9.99 Å². The maximum atomic E-state index is 5.94. The van der Waals surface area contributed by atoms with Gasteiger partial charge in [-0.25, -0.2) is 4.98 Å². The Balaban J connectivity index is 2.25. The average molecular weight is 263 g/mol. The number of nitrogen functional groups attached to an aromatic ring is 1. The van der Waals surface area contributed by atoms with Crippen molar-refractivity contribution < 1.29 is 0 Å². The molecular weight excluding hydrogens is 252 g/mol. The van der Waals surface area contributed by atoms with E-state index in [1.165, 1.54) is 23.8 Å². The van der Waals surface area contributed by atoms with E-state index in [4.69, 9.17) is 5.73 Å². The molecule has 0 atom stereocenters. The van der Waals surface area contributed by atoms with Crippen molar-refractivity contribution in [3.63, 3.8) is 0 Å². The van der Waals surface area contributed by atoms with E-state index in [-0.39, 0.29) is 0 Å². The molecule has 0 bridgehead atoms. The zero-order valence-electron chi connectivity index (χ0n) is 8.20. The van der Waals surface area contributed by atoms with E-state index >= 15 is 0 Å². The van der Waals surface area contributed by atoms with Gasteiger partial charge in [0.15, 0.2) is 0 Å². The summed E-state index contributed by atoms with van der Waals surface area (Å²) in [5.41, 5.74) is 8.14. The van der Waals surface area contributed by atoms with Gasteiger partial charge in [0, 0.05) is 9.86 Å². The molecule has 0 unspecified atom stereocenters. The van der Waals surface area contributed by atoms with Crippen molar-refractivity contribution in [2.45, 2.75) is 18.8 Å². The summed E-state index contributed by atoms with van der Waals surface area (Å²) in [6.45, 7) is 0. The molecule has 2 nitrogen and oxygen atoms in total. The van der Waals surface area contributed by atoms with Crippen LogP contribution in [-0.2, 0) is 0 Å². The third-order valence-corrected chi connectivity index (χ3v) is 3.35. The van der Waals surface area contributed by atoms with Crippen molar-refractivity contribution >= 4 is 32.7 Å². The number of nitrogens with zero attached hydrogens (tertiary/aromatic N) is 1. The number of anilines is 1. The second-order valence-electron chi connectivity index (χ2n) is 4.07. The minimum absolute atomic E-state index is 0.654. The van der Waals surface area contributed by atoms with Crippen LogP contribution in [-0.4, -0.2) is 4.98 Å². The highest BCUT2D eigenvalue weighted by Crippen LogP contribution is 2.43. The Bertz CT molecular complexity index is 532. The Morgan fingerprint density at radius 1 is 1.27 bits per heavy atom. The molecule has 0 aliphatic heterocycles. The zero-order chi connectivity index (χ0) is 10.4. The van der Waals surface area contributed by atoms with Gasteiger partial charge in [0.1, 0.15) is 5.82 Å². The third kappa shape index (κ3) is 1.61. The third-order valence-electron chi connectivity index (χ3n) is 2.85. The van der Waals surface area contributed by atoms with Gasteiger partial charge in [-0.15, -0.1) is 0 Å². The standard InChI is InChI=1S/C12H11BrN2/c13-9-3-4-11-8(5-9)6-10(7-1-2-7)12(14)15-11/h3-7H,1-2H2,(H2,14,15). The molecule has 1 aliphatic carbocycles. The van der Waals surface area contributed by atoms with Crippen LogP contribution in [0.3, 0.4) is 0 Å². The lowest BCUT2D eigenvalue weighted by atomic mass is 10.1. The summed E-state index contributed by atoms with van der Waals surface area (Å²) in [6.07, 6.45) is 2.51. The number of aromatic nitrogens is 1. The second kappa shape index (κ2) is 3.20. The maximum Gasteiger partial charge on any atom is 0.127 e. The van der Waals surface area contributed by atoms with E-state index in [0.29, 0.717) is 11.7 Å². The molecule has 76 valence electrons. The van der Waals surface area contributed by atoms with Crippen LogP contribution in [0, 0.1) is 0 Å². The summed E-state index contributed by atoms with van der Waals surface area (Å²) >= 11 is 3.47. The summed E-state index contributed by atoms with van der Waals surface area (Å²) in [5, 5.41) is 1.17. The fourth-order valence-electron chi connectivity index (χ4n) is 1.90. The highest BCUT2D eigenvalue weighted by atomic mass is 79.9. The minimum atomic E-state index is 0.654. The van der Waals surface area contributed by atoms with Crippen LogP contribution in [0.5, 0.6) is 0 Å². The SMILES string of the molecule is Nc1nc2ccc(Br)cc2cc1C1CC1. The van der Waals surface area contributed by atoms with Gasteiger partial charge in [-0.3, -0.25) is 0 Å². The number of fused-ring (bicyclic) bond motifs is 1. The average Bonchev–Trinajstić information content (AvgIpc) is 3.01. The molecule has 0 spiro atoms. The largest absolute Gasteiger partial charge is 0.383 e. The Hall–Kier alpha value is -1.09. The Morgan fingerprint density at radius 3 is 2.80 bits per heavy atom. The van der Waals surface area contributed by atoms with Crippen molar-refractivity contribution in [1.29, 1.82) is 0 Å². The molecule has 1 heterocycles. The fourth-order valence-corrected chi connectivity index (χ4v) is 2.28. The molecule has 2 N–H and O–H groups in total. The van der Waals surface area contributed by atoms with Crippen LogP contribution in [0.2, 0.25) is 0 Å². The first-order valence-electron chi connectivity index (χ1n) is 5.10. The molecule has 1 aromatic heterocycles. The number of hydrogen-bond donors (Lipinski definition) is 1. The number of rotatable bonds is 1. The van der Waals surface area contributed by atoms with E-state index in [1.54, 1.807) is 0 Å². The van der Waals surface area contributed by atoms with Gasteiger partial charge in [0.25, 0.3) is 0 Å². The summed E-state index contributed by atoms with van der Waals surface area (Å²) in [7, 11) is 0. The molecule has 3 heteroatoms. The summed E-state index contributed by atoms with van der Waals surface area (Å²) in [4.78, 5) is 4.43. The number of benzene rings is 1. The Labute approximate surface area is 96.6 Å². The van der Waals surface area contributed by atoms with Gasteiger partial charge >= 0.3 is 0 Å². The van der Waals surface area contributed by atoms with Crippen molar-refractivity contribution in [3.8, 4) is 0 Å². The van der Waals surface area contributed by atoms with Crippen molar-refractivity contribution in [1.82, 2.24) is 4.98 Å². The van der Waals surface area contributed by atoms with Crippen LogP contribution < -0.4 is 5.73 Å². The van der Waals surface area contributed by atoms with E-state index in [9.17, 15) is 0 Å². The maximum absolute atomic E-state index is 5.94. The molecule has 0 radical (unpaired) electrons. The van der Waals surface area contributed by atoms with Gasteiger partial charge in [-0.2, -0.15) is 0 Å². The Kier molecular flexibility index (Phi) is 1.96. The topological polar surface area (TPSA) is 38.9 Å². The van der Waals surface area contributed by atoms with Gasteiger partial charge in [0.2, 0.25) is 0 Å². The number of hydrogen-bond acceptors (Lipinski definition) is 2. The van der Waals surface area contributed by atoms with Gasteiger partial charge in [-0.05, 0) is 48.6 Å². The molecule has 0 amide bonds. The predicted octanol–water partition coefficient (Wildman–Crippen LogP) is 3.46. The minimum Gasteiger partial charge on any atom is -0.383 e. The van der Waals surface area contributed by atoms with Crippen molar-refractivity contribution in [2.24, 2.45) is 0 Å². The highest BCUT2D eigenvalue weighted by Gasteiger charge is 2.26. The zero-order valence-corrected chi connectivity index (χ0v) is 9.79. The molecule has 2 aromatic rings. The van der Waals surface area contributed by atoms with Crippen molar-refractivity contribution in [2.75, 3.05) is 5.73 Å². The van der Waals surface area contributed by atoms with Gasteiger partial charge < -0.3 is 5.73 Å². The molecule has 1 fully saturated rings. The Morgan fingerprint density at radius 2 is 2.07 bits per heavy atom. The van der Waals surface area contributed by atoms with Crippen molar-refractivity contribution in [3.05, 3.63) is 34.3 Å². The second-order valence-corrected chi connectivity index (χ2v) is 4.99. The van der Waals surface area contributed by atoms with Gasteiger partial charge in [-0.1, -0.05) is 15.9 Å². The molecule has 3 rings (SSSR count). The lowest BCUT2D eigenvalue weighted by Crippen LogP contribution is -1.96. The molecule has 0 saturated heterocycles. The van der Waals surface area contributed by atoms with E-state index in [2.05, 4.69) is 33.0 Å². The molecule has 1 aliphatic rings. The summed E-state index contributed by atoms with van der Waals surface area (Å²) < 4.78 is 1.09. The lowest BCUT2D eigenvalue weighted by molar-refractivity contribution is 1.12. The molecular formula is C12H11BrN2. The first-order valence-corrected chi connectivity index (χ1v) is 5.89. The lowest BCUT2D eigenvalue weighted by Gasteiger charge is -2.05. The van der Waals surface area contributed by atoms with Crippen LogP contribution in [0.15, 0.2) is 28.7 Å². The number of nitrogens with two attached hydrogens (primary N) is 1. The number of halogens is 1.